The molecule has 0 aliphatic heterocycles. The highest BCUT2D eigenvalue weighted by Gasteiger charge is 2.20. The van der Waals surface area contributed by atoms with E-state index in [1.807, 2.05) is 13.8 Å². The number of carbonyl (C=O) groups is 1. The third-order valence-electron chi connectivity index (χ3n) is 2.49. The van der Waals surface area contributed by atoms with Crippen LogP contribution in [0.5, 0.6) is 0 Å². The summed E-state index contributed by atoms with van der Waals surface area (Å²) in [5.74, 6) is -0.473. The second kappa shape index (κ2) is 6.60. The van der Waals surface area contributed by atoms with Crippen molar-refractivity contribution in [2.24, 2.45) is 5.92 Å². The predicted molar refractivity (Wildman–Crippen MR) is 69.5 cm³/mol. The van der Waals surface area contributed by atoms with Gasteiger partial charge in [-0.15, -0.1) is 0 Å². The van der Waals surface area contributed by atoms with E-state index in [0.29, 0.717) is 12.3 Å². The number of rotatable bonds is 6. The first-order valence-electron chi connectivity index (χ1n) is 5.92. The van der Waals surface area contributed by atoms with Crippen LogP contribution in [0.4, 0.5) is 11.4 Å². The maximum absolute atomic E-state index is 11.7. The summed E-state index contributed by atoms with van der Waals surface area (Å²) in [5.41, 5.74) is -1.24. The Morgan fingerprint density at radius 2 is 1.65 bits per heavy atom. The summed E-state index contributed by atoms with van der Waals surface area (Å²) in [7, 11) is 0. The summed E-state index contributed by atoms with van der Waals surface area (Å²) in [6, 6.07) is 2.72. The minimum Gasteiger partial charge on any atom is -0.462 e. The van der Waals surface area contributed by atoms with Crippen molar-refractivity contribution in [3.05, 3.63) is 44.0 Å². The lowest BCUT2D eigenvalue weighted by molar-refractivity contribution is -0.394. The number of esters is 1. The Kier molecular flexibility index (Phi) is 5.13. The molecule has 8 heteroatoms. The normalized spacial score (nSPS) is 10.3. The lowest BCUT2D eigenvalue weighted by atomic mass is 10.1. The third kappa shape index (κ3) is 4.30. The number of non-ortho nitro benzene ring substituents is 2. The molecule has 1 aromatic carbocycles. The van der Waals surface area contributed by atoms with E-state index in [9.17, 15) is 25.0 Å². The molecule has 0 saturated heterocycles. The van der Waals surface area contributed by atoms with Crippen LogP contribution in [0.15, 0.2) is 18.2 Å². The van der Waals surface area contributed by atoms with Crippen LogP contribution in [0.3, 0.4) is 0 Å². The van der Waals surface area contributed by atoms with E-state index in [2.05, 4.69) is 0 Å². The zero-order valence-electron chi connectivity index (χ0n) is 11.1. The number of hydrogen-bond donors (Lipinski definition) is 0. The number of nitrogens with zero attached hydrogens (tertiary/aromatic N) is 2. The second-order valence-electron chi connectivity index (χ2n) is 4.57. The van der Waals surface area contributed by atoms with Crippen molar-refractivity contribution in [1.82, 2.24) is 0 Å². The summed E-state index contributed by atoms with van der Waals surface area (Å²) in [5, 5.41) is 21.4. The minimum absolute atomic E-state index is 0.160. The van der Waals surface area contributed by atoms with E-state index >= 15 is 0 Å². The Hall–Kier alpha value is -2.51. The minimum atomic E-state index is -0.808. The molecule has 0 spiro atoms. The fourth-order valence-corrected chi connectivity index (χ4v) is 1.39. The molecule has 0 N–H and O–H groups in total. The number of benzene rings is 1. The van der Waals surface area contributed by atoms with Crippen molar-refractivity contribution >= 4 is 17.3 Å². The molecule has 20 heavy (non-hydrogen) atoms. The number of carbonyl (C=O) groups excluding carboxylic acids is 1. The van der Waals surface area contributed by atoms with Crippen molar-refractivity contribution in [3.8, 4) is 0 Å². The van der Waals surface area contributed by atoms with Gasteiger partial charge in [-0.05, 0) is 12.3 Å². The van der Waals surface area contributed by atoms with E-state index in [1.54, 1.807) is 0 Å². The van der Waals surface area contributed by atoms with Gasteiger partial charge in [-0.2, -0.15) is 0 Å². The van der Waals surface area contributed by atoms with Crippen LogP contribution in [0.1, 0.15) is 30.6 Å². The van der Waals surface area contributed by atoms with E-state index < -0.39 is 27.2 Å². The van der Waals surface area contributed by atoms with Crippen LogP contribution in [0, 0.1) is 26.1 Å². The zero-order valence-corrected chi connectivity index (χ0v) is 11.1. The lowest BCUT2D eigenvalue weighted by Crippen LogP contribution is -2.09. The Labute approximate surface area is 114 Å². The van der Waals surface area contributed by atoms with Gasteiger partial charge in [0, 0.05) is 12.1 Å². The average molecular weight is 282 g/mol. The first-order valence-corrected chi connectivity index (χ1v) is 5.92. The summed E-state index contributed by atoms with van der Waals surface area (Å²) < 4.78 is 4.92. The van der Waals surface area contributed by atoms with Crippen LogP contribution >= 0.6 is 0 Å². The number of nitro groups is 2. The van der Waals surface area contributed by atoms with Crippen LogP contribution < -0.4 is 0 Å². The maximum Gasteiger partial charge on any atom is 0.338 e. The van der Waals surface area contributed by atoms with Crippen LogP contribution in [0.2, 0.25) is 0 Å². The van der Waals surface area contributed by atoms with E-state index in [1.165, 1.54) is 0 Å². The van der Waals surface area contributed by atoms with Gasteiger partial charge in [0.1, 0.15) is 0 Å². The van der Waals surface area contributed by atoms with Gasteiger partial charge in [-0.3, -0.25) is 20.2 Å². The average Bonchev–Trinajstić information content (AvgIpc) is 2.37. The monoisotopic (exact) mass is 282 g/mol. The summed E-state index contributed by atoms with van der Waals surface area (Å²) in [4.78, 5) is 31.5. The van der Waals surface area contributed by atoms with Gasteiger partial charge in [0.2, 0.25) is 0 Å². The molecule has 1 aromatic rings. The molecular weight excluding hydrogens is 268 g/mol. The molecule has 0 amide bonds. The summed E-state index contributed by atoms with van der Waals surface area (Å²) >= 11 is 0. The Morgan fingerprint density at radius 3 is 2.05 bits per heavy atom. The van der Waals surface area contributed by atoms with Crippen LogP contribution in [-0.2, 0) is 4.74 Å². The molecule has 1 rings (SSSR count). The quantitative estimate of drug-likeness (QED) is 0.450. The van der Waals surface area contributed by atoms with Gasteiger partial charge in [0.15, 0.2) is 0 Å². The predicted octanol–water partition coefficient (Wildman–Crippen LogP) is 2.71. The molecule has 0 aliphatic carbocycles. The molecule has 0 aromatic heterocycles. The fraction of sp³-hybridized carbons (Fsp3) is 0.417. The SMILES string of the molecule is CC(C)CCOC(=O)c1cc([N+](=O)[O-])cc([N+](=O)[O-])c1. The maximum atomic E-state index is 11.7. The van der Waals surface area contributed by atoms with Gasteiger partial charge in [-0.1, -0.05) is 13.8 Å². The van der Waals surface area contributed by atoms with Gasteiger partial charge in [0.25, 0.3) is 11.4 Å². The molecule has 0 bridgehead atoms. The first kappa shape index (κ1) is 15.5. The molecule has 0 heterocycles. The van der Waals surface area contributed by atoms with E-state index in [0.717, 1.165) is 18.2 Å². The topological polar surface area (TPSA) is 113 Å². The Bertz CT molecular complexity index is 508. The molecule has 0 atom stereocenters. The molecule has 0 unspecified atom stereocenters. The van der Waals surface area contributed by atoms with Gasteiger partial charge >= 0.3 is 5.97 Å². The lowest BCUT2D eigenvalue weighted by Gasteiger charge is -2.06. The molecule has 108 valence electrons. The highest BCUT2D eigenvalue weighted by Crippen LogP contribution is 2.23. The van der Waals surface area contributed by atoms with Gasteiger partial charge < -0.3 is 4.74 Å². The molecular formula is C12H14N2O6. The highest BCUT2D eigenvalue weighted by molar-refractivity contribution is 5.91. The van der Waals surface area contributed by atoms with Gasteiger partial charge in [0.05, 0.1) is 28.1 Å². The molecule has 0 radical (unpaired) electrons. The van der Waals surface area contributed by atoms with Crippen molar-refractivity contribution in [3.63, 3.8) is 0 Å². The van der Waals surface area contributed by atoms with E-state index in [-0.39, 0.29) is 12.2 Å². The van der Waals surface area contributed by atoms with Crippen molar-refractivity contribution in [2.75, 3.05) is 6.61 Å². The summed E-state index contributed by atoms with van der Waals surface area (Å²) in [6.45, 7) is 4.06. The van der Waals surface area contributed by atoms with E-state index in [4.69, 9.17) is 4.74 Å². The summed E-state index contributed by atoms with van der Waals surface area (Å²) in [6.07, 6.45) is 0.642. The largest absolute Gasteiger partial charge is 0.462 e. The molecule has 8 nitrogen and oxygen atoms in total. The number of ether oxygens (including phenoxy) is 1. The molecule has 0 fully saturated rings. The standard InChI is InChI=1S/C12H14N2O6/c1-8(2)3-4-20-12(15)9-5-10(13(16)17)7-11(6-9)14(18)19/h5-8H,3-4H2,1-2H3. The zero-order chi connectivity index (χ0) is 15.3. The fourth-order valence-electron chi connectivity index (χ4n) is 1.39. The Morgan fingerprint density at radius 1 is 1.15 bits per heavy atom. The second-order valence-corrected chi connectivity index (χ2v) is 4.57. The third-order valence-corrected chi connectivity index (χ3v) is 2.49. The molecule has 0 aliphatic rings. The van der Waals surface area contributed by atoms with Crippen molar-refractivity contribution in [2.45, 2.75) is 20.3 Å². The Balaban J connectivity index is 2.95. The van der Waals surface area contributed by atoms with Crippen molar-refractivity contribution in [1.29, 1.82) is 0 Å². The van der Waals surface area contributed by atoms with Crippen LogP contribution in [0.25, 0.3) is 0 Å². The first-order chi connectivity index (χ1) is 9.31. The highest BCUT2D eigenvalue weighted by atomic mass is 16.6. The number of nitro benzene ring substituents is 2. The van der Waals surface area contributed by atoms with Crippen molar-refractivity contribution < 1.29 is 19.4 Å². The van der Waals surface area contributed by atoms with Crippen LogP contribution in [-0.4, -0.2) is 22.4 Å². The van der Waals surface area contributed by atoms with Gasteiger partial charge in [-0.25, -0.2) is 4.79 Å². The smallest absolute Gasteiger partial charge is 0.338 e. The number of hydrogen-bond acceptors (Lipinski definition) is 6. The molecule has 0 saturated carbocycles.